The van der Waals surface area contributed by atoms with Crippen molar-refractivity contribution in [2.75, 3.05) is 6.54 Å². The molecule has 1 aromatic carbocycles. The summed E-state index contributed by atoms with van der Waals surface area (Å²) in [6.45, 7) is 1.38. The van der Waals surface area contributed by atoms with Gasteiger partial charge in [-0.15, -0.1) is 0 Å². The summed E-state index contributed by atoms with van der Waals surface area (Å²) in [4.78, 5) is 10.7. The lowest BCUT2D eigenvalue weighted by Crippen LogP contribution is -2.47. The molecular weight excluding hydrogens is 371 g/mol. The van der Waals surface area contributed by atoms with Gasteiger partial charge in [-0.3, -0.25) is 4.79 Å². The van der Waals surface area contributed by atoms with Crippen molar-refractivity contribution in [2.24, 2.45) is 5.92 Å². The highest BCUT2D eigenvalue weighted by molar-refractivity contribution is 7.89. The molecule has 2 unspecified atom stereocenters. The second-order valence-electron chi connectivity index (χ2n) is 5.68. The number of aliphatic carboxylic acids is 1. The van der Waals surface area contributed by atoms with Gasteiger partial charge >= 0.3 is 12.1 Å². The van der Waals surface area contributed by atoms with Crippen LogP contribution in [0.3, 0.4) is 0 Å². The van der Waals surface area contributed by atoms with Crippen molar-refractivity contribution in [3.8, 4) is 0 Å². The smallest absolute Gasteiger partial charge is 0.416 e. The number of hydrogen-bond acceptors (Lipinski definition) is 3. The van der Waals surface area contributed by atoms with Gasteiger partial charge in [0, 0.05) is 12.6 Å². The summed E-state index contributed by atoms with van der Waals surface area (Å²) in [6.07, 6.45) is -3.96. The summed E-state index contributed by atoms with van der Waals surface area (Å²) < 4.78 is 64.4. The highest BCUT2D eigenvalue weighted by atomic mass is 35.5. The number of rotatable bonds is 3. The minimum Gasteiger partial charge on any atom is -0.481 e. The Balaban J connectivity index is 2.41. The highest BCUT2D eigenvalue weighted by Gasteiger charge is 2.39. The van der Waals surface area contributed by atoms with Crippen molar-refractivity contribution < 1.29 is 31.5 Å². The Morgan fingerprint density at radius 1 is 1.33 bits per heavy atom. The van der Waals surface area contributed by atoms with Gasteiger partial charge in [0.25, 0.3) is 0 Å². The molecule has 2 atom stereocenters. The molecule has 1 aliphatic heterocycles. The van der Waals surface area contributed by atoms with Crippen LogP contribution in [-0.4, -0.2) is 36.4 Å². The van der Waals surface area contributed by atoms with Crippen LogP contribution in [0, 0.1) is 5.92 Å². The Bertz CT molecular complexity index is 751. The lowest BCUT2D eigenvalue weighted by Gasteiger charge is -2.35. The Hall–Kier alpha value is -1.32. The van der Waals surface area contributed by atoms with Crippen LogP contribution in [-0.2, 0) is 21.0 Å². The van der Waals surface area contributed by atoms with E-state index in [1.54, 1.807) is 6.92 Å². The Morgan fingerprint density at radius 2 is 1.96 bits per heavy atom. The number of carbonyl (C=O) groups is 1. The number of nitrogens with zero attached hydrogens (tertiary/aromatic N) is 1. The molecule has 0 aliphatic carbocycles. The topological polar surface area (TPSA) is 74.7 Å². The van der Waals surface area contributed by atoms with Crippen LogP contribution in [0.1, 0.15) is 25.3 Å². The molecule has 0 radical (unpaired) electrons. The van der Waals surface area contributed by atoms with Crippen LogP contribution in [0.4, 0.5) is 13.2 Å². The van der Waals surface area contributed by atoms with Crippen molar-refractivity contribution in [1.29, 1.82) is 0 Å². The van der Waals surface area contributed by atoms with Crippen LogP contribution < -0.4 is 0 Å². The van der Waals surface area contributed by atoms with Crippen LogP contribution in [0.2, 0.25) is 5.02 Å². The number of carboxylic acid groups (broad SMARTS) is 1. The molecule has 10 heteroatoms. The summed E-state index contributed by atoms with van der Waals surface area (Å²) in [5.74, 6) is -1.97. The molecule has 24 heavy (non-hydrogen) atoms. The van der Waals surface area contributed by atoms with Gasteiger partial charge in [0.15, 0.2) is 0 Å². The third-order valence-electron chi connectivity index (χ3n) is 4.02. The van der Waals surface area contributed by atoms with E-state index in [9.17, 15) is 26.4 Å². The fourth-order valence-electron chi connectivity index (χ4n) is 2.62. The molecule has 0 spiro atoms. The zero-order chi connectivity index (χ0) is 18.3. The second kappa shape index (κ2) is 6.53. The first-order chi connectivity index (χ1) is 10.9. The monoisotopic (exact) mass is 385 g/mol. The predicted octanol–water partition coefficient (Wildman–Crippen LogP) is 3.23. The molecule has 0 saturated carbocycles. The van der Waals surface area contributed by atoms with Crippen molar-refractivity contribution in [3.05, 3.63) is 28.8 Å². The average molecular weight is 386 g/mol. The van der Waals surface area contributed by atoms with Gasteiger partial charge < -0.3 is 5.11 Å². The maximum absolute atomic E-state index is 12.7. The third kappa shape index (κ3) is 3.68. The molecule has 1 heterocycles. The van der Waals surface area contributed by atoms with Crippen LogP contribution in [0.25, 0.3) is 0 Å². The minimum atomic E-state index is -4.64. The molecule has 1 saturated heterocycles. The number of alkyl halides is 3. The molecule has 5 nitrogen and oxygen atoms in total. The van der Waals surface area contributed by atoms with Gasteiger partial charge in [0.1, 0.15) is 4.90 Å². The van der Waals surface area contributed by atoms with Gasteiger partial charge in [0.2, 0.25) is 10.0 Å². The molecule has 1 fully saturated rings. The first-order valence-corrected chi connectivity index (χ1v) is 8.87. The van der Waals surface area contributed by atoms with Gasteiger partial charge in [-0.25, -0.2) is 8.42 Å². The van der Waals surface area contributed by atoms with Gasteiger partial charge in [-0.05, 0) is 38.0 Å². The highest BCUT2D eigenvalue weighted by Crippen LogP contribution is 2.36. The minimum absolute atomic E-state index is 0.240. The quantitative estimate of drug-likeness (QED) is 0.866. The summed E-state index contributed by atoms with van der Waals surface area (Å²) >= 11 is 5.76. The summed E-state index contributed by atoms with van der Waals surface area (Å²) in [5.41, 5.74) is -1.05. The molecule has 1 N–H and O–H groups in total. The maximum atomic E-state index is 12.7. The first-order valence-electron chi connectivity index (χ1n) is 7.06. The van der Waals surface area contributed by atoms with E-state index in [-0.39, 0.29) is 6.54 Å². The summed E-state index contributed by atoms with van der Waals surface area (Å²) in [5, 5.41) is 8.54. The SMILES string of the molecule is CC1CCC(C(=O)O)CN1S(=O)(=O)c1ccc(C(F)(F)F)cc1Cl. The summed E-state index contributed by atoms with van der Waals surface area (Å²) in [6, 6.07) is 1.53. The van der Waals surface area contributed by atoms with Crippen molar-refractivity contribution in [2.45, 2.75) is 36.9 Å². The lowest BCUT2D eigenvalue weighted by molar-refractivity contribution is -0.143. The second-order valence-corrected chi connectivity index (χ2v) is 7.95. The van der Waals surface area contributed by atoms with Crippen molar-refractivity contribution >= 4 is 27.6 Å². The van der Waals surface area contributed by atoms with Crippen LogP contribution in [0.15, 0.2) is 23.1 Å². The van der Waals surface area contributed by atoms with E-state index in [1.165, 1.54) is 0 Å². The third-order valence-corrected chi connectivity index (χ3v) is 6.48. The van der Waals surface area contributed by atoms with Crippen molar-refractivity contribution in [3.63, 3.8) is 0 Å². The van der Waals surface area contributed by atoms with Crippen LogP contribution >= 0.6 is 11.6 Å². The molecule has 0 aromatic heterocycles. The Kier molecular flexibility index (Phi) is 5.17. The molecule has 134 valence electrons. The standard InChI is InChI=1S/C14H15ClF3NO4S/c1-8-2-3-9(13(20)21)7-19(8)24(22,23)12-5-4-10(6-11(12)15)14(16,17)18/h4-6,8-9H,2-3,7H2,1H3,(H,20,21). The maximum Gasteiger partial charge on any atom is 0.416 e. The number of halogens is 4. The number of piperidine rings is 1. The van der Waals surface area contributed by atoms with Crippen molar-refractivity contribution in [1.82, 2.24) is 4.31 Å². The lowest BCUT2D eigenvalue weighted by atomic mass is 9.96. The van der Waals surface area contributed by atoms with E-state index in [4.69, 9.17) is 16.7 Å². The van der Waals surface area contributed by atoms with E-state index in [0.717, 1.165) is 10.4 Å². The molecule has 0 bridgehead atoms. The number of hydrogen-bond donors (Lipinski definition) is 1. The van der Waals surface area contributed by atoms with Gasteiger partial charge in [0.05, 0.1) is 16.5 Å². The first kappa shape index (κ1) is 19.0. The normalized spacial score (nSPS) is 23.2. The zero-order valence-electron chi connectivity index (χ0n) is 12.5. The predicted molar refractivity (Wildman–Crippen MR) is 80.2 cm³/mol. The largest absolute Gasteiger partial charge is 0.481 e. The number of carboxylic acids is 1. The zero-order valence-corrected chi connectivity index (χ0v) is 14.1. The van der Waals surface area contributed by atoms with E-state index in [2.05, 4.69) is 0 Å². The number of benzene rings is 1. The fourth-order valence-corrected chi connectivity index (χ4v) is 4.85. The average Bonchev–Trinajstić information content (AvgIpc) is 2.45. The van der Waals surface area contributed by atoms with Crippen LogP contribution in [0.5, 0.6) is 0 Å². The molecule has 1 aromatic rings. The van der Waals surface area contributed by atoms with E-state index < -0.39 is 49.6 Å². The molecule has 0 amide bonds. The van der Waals surface area contributed by atoms with E-state index >= 15 is 0 Å². The Morgan fingerprint density at radius 3 is 2.46 bits per heavy atom. The molecule has 2 rings (SSSR count). The summed E-state index contributed by atoms with van der Waals surface area (Å²) in [7, 11) is -4.20. The van der Waals surface area contributed by atoms with E-state index in [0.29, 0.717) is 25.0 Å². The Labute approximate surface area is 142 Å². The van der Waals surface area contributed by atoms with E-state index in [1.807, 2.05) is 0 Å². The van der Waals surface area contributed by atoms with Gasteiger partial charge in [-0.1, -0.05) is 11.6 Å². The molecular formula is C14H15ClF3NO4S. The molecule has 1 aliphatic rings. The fraction of sp³-hybridized carbons (Fsp3) is 0.500. The number of sulfonamides is 1. The van der Waals surface area contributed by atoms with Gasteiger partial charge in [-0.2, -0.15) is 17.5 Å².